The van der Waals surface area contributed by atoms with Crippen LogP contribution in [0.3, 0.4) is 0 Å². The first-order chi connectivity index (χ1) is 5.93. The lowest BCUT2D eigenvalue weighted by Crippen LogP contribution is -2.43. The summed E-state index contributed by atoms with van der Waals surface area (Å²) in [5.74, 6) is 0. The fourth-order valence-electron chi connectivity index (χ4n) is 2.08. The third-order valence-electron chi connectivity index (χ3n) is 3.57. The third kappa shape index (κ3) is 3.10. The zero-order chi connectivity index (χ0) is 10.5. The van der Waals surface area contributed by atoms with Crippen LogP contribution in [0.4, 0.5) is 0 Å². The molecule has 13 heavy (non-hydrogen) atoms. The smallest absolute Gasteiger partial charge is 0.146 e. The Balaban J connectivity index is 4.55. The molecule has 0 bridgehead atoms. The lowest BCUT2D eigenvalue weighted by Gasteiger charge is -2.44. The van der Waals surface area contributed by atoms with Gasteiger partial charge in [0, 0.05) is 0 Å². The Hall–Kier alpha value is 0.177. The first kappa shape index (κ1) is 13.2. The molecule has 1 nitrogen and oxygen atoms in total. The Morgan fingerprint density at radius 1 is 1.00 bits per heavy atom. The van der Waals surface area contributed by atoms with Crippen molar-refractivity contribution in [3.8, 4) is 0 Å². The van der Waals surface area contributed by atoms with Crippen LogP contribution in [0.15, 0.2) is 0 Å². The molecule has 0 rings (SSSR count). The quantitative estimate of drug-likeness (QED) is 0.602. The second-order valence-corrected chi connectivity index (χ2v) is 5.18. The molecule has 0 N–H and O–H groups in total. The predicted octanol–water partition coefficient (Wildman–Crippen LogP) is 2.67. The van der Waals surface area contributed by atoms with E-state index in [2.05, 4.69) is 34.6 Å². The van der Waals surface area contributed by atoms with Gasteiger partial charge in [0.05, 0.1) is 5.60 Å². The molecule has 0 fully saturated rings. The molecule has 2 heteroatoms. The number of rotatable bonds is 6. The molecule has 0 aromatic carbocycles. The van der Waals surface area contributed by atoms with Crippen molar-refractivity contribution >= 4 is 10.5 Å². The van der Waals surface area contributed by atoms with Crippen LogP contribution in [0.2, 0.25) is 0 Å². The van der Waals surface area contributed by atoms with Crippen molar-refractivity contribution in [1.29, 1.82) is 0 Å². The molecular formula is C11H26OSi. The highest BCUT2D eigenvalue weighted by Gasteiger charge is 2.38. The second kappa shape index (κ2) is 5.16. The summed E-state index contributed by atoms with van der Waals surface area (Å²) in [7, 11) is 0.842. The molecule has 0 unspecified atom stereocenters. The summed E-state index contributed by atoms with van der Waals surface area (Å²) in [6, 6.07) is 0. The minimum atomic E-state index is 0.0608. The van der Waals surface area contributed by atoms with Crippen LogP contribution in [0.1, 0.15) is 60.3 Å². The second-order valence-electron chi connectivity index (χ2n) is 4.78. The van der Waals surface area contributed by atoms with Gasteiger partial charge in [-0.2, -0.15) is 0 Å². The molecule has 0 atom stereocenters. The van der Waals surface area contributed by atoms with Gasteiger partial charge in [0.2, 0.25) is 0 Å². The molecule has 0 aromatic rings. The van der Waals surface area contributed by atoms with Gasteiger partial charge in [-0.1, -0.05) is 33.6 Å². The topological polar surface area (TPSA) is 9.23 Å². The average Bonchev–Trinajstić information content (AvgIpc) is 2.05. The molecule has 0 aliphatic rings. The molecule has 0 amide bonds. The van der Waals surface area contributed by atoms with Gasteiger partial charge in [0.1, 0.15) is 10.5 Å². The van der Waals surface area contributed by atoms with Gasteiger partial charge in [-0.3, -0.25) is 0 Å². The van der Waals surface area contributed by atoms with E-state index in [1.165, 1.54) is 25.7 Å². The van der Waals surface area contributed by atoms with E-state index in [-0.39, 0.29) is 5.60 Å². The zero-order valence-corrected chi connectivity index (χ0v) is 12.2. The first-order valence-electron chi connectivity index (χ1n) is 5.48. The van der Waals surface area contributed by atoms with Crippen molar-refractivity contribution in [2.24, 2.45) is 5.41 Å². The van der Waals surface area contributed by atoms with Gasteiger partial charge in [0.15, 0.2) is 0 Å². The molecule has 0 saturated heterocycles. The number of hydrogen-bond donors (Lipinski definition) is 0. The van der Waals surface area contributed by atoms with Crippen molar-refractivity contribution < 1.29 is 4.43 Å². The average molecular weight is 202 g/mol. The summed E-state index contributed by atoms with van der Waals surface area (Å²) in [6.45, 7) is 11.4. The van der Waals surface area contributed by atoms with Gasteiger partial charge in [-0.25, -0.2) is 0 Å². The van der Waals surface area contributed by atoms with E-state index < -0.39 is 0 Å². The van der Waals surface area contributed by atoms with E-state index in [1.54, 1.807) is 0 Å². The summed E-state index contributed by atoms with van der Waals surface area (Å²) in [6.07, 6.45) is 5.06. The van der Waals surface area contributed by atoms with E-state index >= 15 is 0 Å². The summed E-state index contributed by atoms with van der Waals surface area (Å²) >= 11 is 0. The first-order valence-corrected chi connectivity index (χ1v) is 6.30. The fraction of sp³-hybridized carbons (Fsp3) is 1.00. The maximum atomic E-state index is 5.75. The monoisotopic (exact) mass is 202 g/mol. The normalized spacial score (nSPS) is 13.6. The maximum absolute atomic E-state index is 5.75. The van der Waals surface area contributed by atoms with Crippen molar-refractivity contribution in [2.45, 2.75) is 65.9 Å². The van der Waals surface area contributed by atoms with Crippen LogP contribution < -0.4 is 0 Å². The van der Waals surface area contributed by atoms with Crippen LogP contribution in [0, 0.1) is 5.41 Å². The standard InChI is InChI=1S/C11H26OSi/c1-6-8-11(5,9-7-2)10(3,4)12-13/h6-9H2,1-5,13H3. The van der Waals surface area contributed by atoms with Crippen molar-refractivity contribution in [3.05, 3.63) is 0 Å². The van der Waals surface area contributed by atoms with Gasteiger partial charge in [-0.05, 0) is 32.1 Å². The van der Waals surface area contributed by atoms with Crippen molar-refractivity contribution in [2.75, 3.05) is 0 Å². The maximum Gasteiger partial charge on any atom is 0.146 e. The molecule has 0 heterocycles. The Bertz CT molecular complexity index is 137. The Labute approximate surface area is 86.8 Å². The van der Waals surface area contributed by atoms with Crippen LogP contribution in [-0.4, -0.2) is 16.1 Å². The highest BCUT2D eigenvalue weighted by Crippen LogP contribution is 2.41. The van der Waals surface area contributed by atoms with Crippen LogP contribution in [-0.2, 0) is 4.43 Å². The van der Waals surface area contributed by atoms with Gasteiger partial charge < -0.3 is 4.43 Å². The molecule has 0 aromatic heterocycles. The van der Waals surface area contributed by atoms with E-state index in [1.807, 2.05) is 0 Å². The fourth-order valence-corrected chi connectivity index (χ4v) is 2.57. The van der Waals surface area contributed by atoms with E-state index in [0.717, 1.165) is 10.5 Å². The largest absolute Gasteiger partial charge is 0.422 e. The molecule has 0 aliphatic heterocycles. The van der Waals surface area contributed by atoms with Crippen LogP contribution in [0.5, 0.6) is 0 Å². The molecule has 80 valence electrons. The van der Waals surface area contributed by atoms with Crippen LogP contribution in [0.25, 0.3) is 0 Å². The number of hydrogen-bond acceptors (Lipinski definition) is 1. The van der Waals surface area contributed by atoms with Gasteiger partial charge in [-0.15, -0.1) is 0 Å². The van der Waals surface area contributed by atoms with E-state index in [4.69, 9.17) is 4.43 Å². The van der Waals surface area contributed by atoms with Crippen LogP contribution >= 0.6 is 0 Å². The Morgan fingerprint density at radius 2 is 1.38 bits per heavy atom. The summed E-state index contributed by atoms with van der Waals surface area (Å²) < 4.78 is 5.75. The summed E-state index contributed by atoms with van der Waals surface area (Å²) in [5.41, 5.74) is 0.420. The lowest BCUT2D eigenvalue weighted by molar-refractivity contribution is -0.0285. The molecular weight excluding hydrogens is 176 g/mol. The highest BCUT2D eigenvalue weighted by atomic mass is 28.2. The molecule has 0 radical (unpaired) electrons. The highest BCUT2D eigenvalue weighted by molar-refractivity contribution is 5.98. The van der Waals surface area contributed by atoms with Gasteiger partial charge >= 0.3 is 0 Å². The molecule has 0 spiro atoms. The predicted molar refractivity (Wildman–Crippen MR) is 63.0 cm³/mol. The summed E-state index contributed by atoms with van der Waals surface area (Å²) in [5, 5.41) is 0. The Morgan fingerprint density at radius 3 is 1.62 bits per heavy atom. The molecule has 0 aliphatic carbocycles. The minimum Gasteiger partial charge on any atom is -0.422 e. The third-order valence-corrected chi connectivity index (χ3v) is 4.59. The SMILES string of the molecule is CCCC(C)(CCC)C(C)(C)O[SiH3]. The van der Waals surface area contributed by atoms with Crippen molar-refractivity contribution in [1.82, 2.24) is 0 Å². The molecule has 0 saturated carbocycles. The Kier molecular flexibility index (Phi) is 5.23. The van der Waals surface area contributed by atoms with E-state index in [0.29, 0.717) is 5.41 Å². The van der Waals surface area contributed by atoms with Crippen molar-refractivity contribution in [3.63, 3.8) is 0 Å². The lowest BCUT2D eigenvalue weighted by atomic mass is 9.69. The van der Waals surface area contributed by atoms with E-state index in [9.17, 15) is 0 Å². The van der Waals surface area contributed by atoms with Gasteiger partial charge in [0.25, 0.3) is 0 Å². The summed E-state index contributed by atoms with van der Waals surface area (Å²) in [4.78, 5) is 0. The zero-order valence-electron chi connectivity index (χ0n) is 10.2. The minimum absolute atomic E-state index is 0.0608.